The molecule has 0 saturated carbocycles. The SMILES string of the molecule is CCOC(=O)CN(CCOc1ccc2cncnc2c1)CC(C)(C)O. The van der Waals surface area contributed by atoms with Crippen LogP contribution in [0.5, 0.6) is 5.75 Å². The number of carbonyl (C=O) groups excluding carboxylic acids is 1. The van der Waals surface area contributed by atoms with Gasteiger partial charge in [-0.2, -0.15) is 0 Å². The van der Waals surface area contributed by atoms with Crippen molar-refractivity contribution in [2.75, 3.05) is 32.8 Å². The molecule has 1 N–H and O–H groups in total. The van der Waals surface area contributed by atoms with E-state index in [-0.39, 0.29) is 12.5 Å². The molecule has 1 heterocycles. The minimum Gasteiger partial charge on any atom is -0.492 e. The summed E-state index contributed by atoms with van der Waals surface area (Å²) in [7, 11) is 0. The highest BCUT2D eigenvalue weighted by molar-refractivity contribution is 5.78. The molecule has 0 aliphatic carbocycles. The molecule has 25 heavy (non-hydrogen) atoms. The second-order valence-corrected chi connectivity index (χ2v) is 6.42. The molecule has 2 rings (SSSR count). The molecule has 0 aliphatic heterocycles. The first-order valence-corrected chi connectivity index (χ1v) is 8.30. The molecule has 0 bridgehead atoms. The lowest BCUT2D eigenvalue weighted by atomic mass is 10.1. The normalized spacial score (nSPS) is 11.7. The Morgan fingerprint density at radius 3 is 2.88 bits per heavy atom. The van der Waals surface area contributed by atoms with E-state index in [0.717, 1.165) is 10.9 Å². The van der Waals surface area contributed by atoms with Crippen molar-refractivity contribution in [3.05, 3.63) is 30.7 Å². The van der Waals surface area contributed by atoms with E-state index in [4.69, 9.17) is 9.47 Å². The van der Waals surface area contributed by atoms with E-state index in [1.54, 1.807) is 27.0 Å². The van der Waals surface area contributed by atoms with Crippen molar-refractivity contribution in [2.45, 2.75) is 26.4 Å². The summed E-state index contributed by atoms with van der Waals surface area (Å²) in [5, 5.41) is 11.0. The lowest BCUT2D eigenvalue weighted by molar-refractivity contribution is -0.145. The molecule has 7 heteroatoms. The summed E-state index contributed by atoms with van der Waals surface area (Å²) in [5.74, 6) is 0.389. The smallest absolute Gasteiger partial charge is 0.320 e. The average Bonchev–Trinajstić information content (AvgIpc) is 2.53. The van der Waals surface area contributed by atoms with Gasteiger partial charge in [0, 0.05) is 30.7 Å². The molecule has 0 unspecified atom stereocenters. The van der Waals surface area contributed by atoms with Crippen LogP contribution in [-0.4, -0.2) is 64.4 Å². The van der Waals surface area contributed by atoms with Gasteiger partial charge in [0.15, 0.2) is 0 Å². The van der Waals surface area contributed by atoms with Crippen LogP contribution in [0.15, 0.2) is 30.7 Å². The minimum atomic E-state index is -0.910. The van der Waals surface area contributed by atoms with Crippen LogP contribution >= 0.6 is 0 Å². The van der Waals surface area contributed by atoms with Crippen LogP contribution in [0, 0.1) is 0 Å². The van der Waals surface area contributed by atoms with Gasteiger partial charge in [0.2, 0.25) is 0 Å². The van der Waals surface area contributed by atoms with Gasteiger partial charge in [0.1, 0.15) is 18.7 Å². The largest absolute Gasteiger partial charge is 0.492 e. The predicted molar refractivity (Wildman–Crippen MR) is 94.4 cm³/mol. The molecule has 0 atom stereocenters. The summed E-state index contributed by atoms with van der Waals surface area (Å²) in [6, 6.07) is 5.61. The van der Waals surface area contributed by atoms with Gasteiger partial charge in [-0.15, -0.1) is 0 Å². The van der Waals surface area contributed by atoms with Crippen molar-refractivity contribution in [3.8, 4) is 5.75 Å². The van der Waals surface area contributed by atoms with E-state index in [0.29, 0.717) is 32.1 Å². The van der Waals surface area contributed by atoms with E-state index in [9.17, 15) is 9.90 Å². The van der Waals surface area contributed by atoms with E-state index in [2.05, 4.69) is 9.97 Å². The van der Waals surface area contributed by atoms with Crippen LogP contribution in [0.2, 0.25) is 0 Å². The first-order chi connectivity index (χ1) is 11.9. The van der Waals surface area contributed by atoms with E-state index < -0.39 is 5.60 Å². The highest BCUT2D eigenvalue weighted by atomic mass is 16.5. The van der Waals surface area contributed by atoms with Crippen LogP contribution < -0.4 is 4.74 Å². The van der Waals surface area contributed by atoms with Gasteiger partial charge in [-0.3, -0.25) is 9.69 Å². The van der Waals surface area contributed by atoms with Crippen LogP contribution in [0.1, 0.15) is 20.8 Å². The maximum Gasteiger partial charge on any atom is 0.320 e. The number of aliphatic hydroxyl groups is 1. The van der Waals surface area contributed by atoms with Gasteiger partial charge in [-0.05, 0) is 32.9 Å². The van der Waals surface area contributed by atoms with Crippen molar-refractivity contribution < 1.29 is 19.4 Å². The Bertz CT molecular complexity index is 700. The number of hydrogen-bond donors (Lipinski definition) is 1. The Balaban J connectivity index is 1.92. The van der Waals surface area contributed by atoms with Crippen molar-refractivity contribution >= 4 is 16.9 Å². The monoisotopic (exact) mass is 347 g/mol. The van der Waals surface area contributed by atoms with Gasteiger partial charge in [0.25, 0.3) is 0 Å². The number of nitrogens with zero attached hydrogens (tertiary/aromatic N) is 3. The van der Waals surface area contributed by atoms with Gasteiger partial charge in [-0.25, -0.2) is 9.97 Å². The topological polar surface area (TPSA) is 84.8 Å². The van der Waals surface area contributed by atoms with Crippen LogP contribution in [-0.2, 0) is 9.53 Å². The average molecular weight is 347 g/mol. The molecule has 2 aromatic rings. The summed E-state index contributed by atoms with van der Waals surface area (Å²) in [6.45, 7) is 6.85. The standard InChI is InChI=1S/C18H25N3O4/c1-4-24-17(22)11-21(12-18(2,3)23)7-8-25-15-6-5-14-10-19-13-20-16(14)9-15/h5-6,9-10,13,23H,4,7-8,11-12H2,1-3H3. The van der Waals surface area contributed by atoms with Crippen LogP contribution in [0.3, 0.4) is 0 Å². The van der Waals surface area contributed by atoms with Gasteiger partial charge < -0.3 is 14.6 Å². The first kappa shape index (κ1) is 19.1. The Kier molecular flexibility index (Phi) is 6.66. The number of ether oxygens (including phenoxy) is 2. The molecule has 136 valence electrons. The number of hydrogen-bond acceptors (Lipinski definition) is 7. The quantitative estimate of drug-likeness (QED) is 0.690. The van der Waals surface area contributed by atoms with E-state index >= 15 is 0 Å². The molecular formula is C18H25N3O4. The molecule has 1 aromatic heterocycles. The molecule has 0 spiro atoms. The van der Waals surface area contributed by atoms with Crippen molar-refractivity contribution in [2.24, 2.45) is 0 Å². The highest BCUT2D eigenvalue weighted by Gasteiger charge is 2.20. The second-order valence-electron chi connectivity index (χ2n) is 6.42. The summed E-state index contributed by atoms with van der Waals surface area (Å²) >= 11 is 0. The van der Waals surface area contributed by atoms with Crippen molar-refractivity contribution in [3.63, 3.8) is 0 Å². The lowest BCUT2D eigenvalue weighted by Gasteiger charge is -2.28. The zero-order valence-electron chi connectivity index (χ0n) is 14.9. The minimum absolute atomic E-state index is 0.117. The summed E-state index contributed by atoms with van der Waals surface area (Å²) in [6.07, 6.45) is 3.24. The summed E-state index contributed by atoms with van der Waals surface area (Å²) in [5.41, 5.74) is -0.0980. The fraction of sp³-hybridized carbons (Fsp3) is 0.500. The lowest BCUT2D eigenvalue weighted by Crippen LogP contribution is -2.43. The zero-order chi connectivity index (χ0) is 18.3. The van der Waals surface area contributed by atoms with Gasteiger partial charge >= 0.3 is 5.97 Å². The molecule has 0 amide bonds. The Morgan fingerprint density at radius 1 is 1.36 bits per heavy atom. The van der Waals surface area contributed by atoms with Gasteiger partial charge in [0.05, 0.1) is 24.3 Å². The van der Waals surface area contributed by atoms with E-state index in [1.165, 1.54) is 6.33 Å². The number of rotatable bonds is 9. The Hall–Kier alpha value is -2.25. The van der Waals surface area contributed by atoms with Crippen LogP contribution in [0.4, 0.5) is 0 Å². The zero-order valence-corrected chi connectivity index (χ0v) is 14.9. The third-order valence-electron chi connectivity index (χ3n) is 3.42. The number of carbonyl (C=O) groups is 1. The number of aromatic nitrogens is 2. The Labute approximate surface area is 147 Å². The molecule has 0 radical (unpaired) electrons. The molecule has 0 fully saturated rings. The molecule has 7 nitrogen and oxygen atoms in total. The number of esters is 1. The third kappa shape index (κ3) is 6.64. The Morgan fingerprint density at radius 2 is 2.16 bits per heavy atom. The maximum atomic E-state index is 11.7. The maximum absolute atomic E-state index is 11.7. The van der Waals surface area contributed by atoms with Gasteiger partial charge in [-0.1, -0.05) is 0 Å². The molecular weight excluding hydrogens is 322 g/mol. The third-order valence-corrected chi connectivity index (χ3v) is 3.42. The molecule has 1 aromatic carbocycles. The second kappa shape index (κ2) is 8.73. The van der Waals surface area contributed by atoms with Crippen LogP contribution in [0.25, 0.3) is 10.9 Å². The van der Waals surface area contributed by atoms with Crippen molar-refractivity contribution in [1.82, 2.24) is 14.9 Å². The van der Waals surface area contributed by atoms with Crippen molar-refractivity contribution in [1.29, 1.82) is 0 Å². The van der Waals surface area contributed by atoms with E-state index in [1.807, 2.05) is 23.1 Å². The highest BCUT2D eigenvalue weighted by Crippen LogP contribution is 2.18. The predicted octanol–water partition coefficient (Wildman–Crippen LogP) is 1.64. The first-order valence-electron chi connectivity index (χ1n) is 8.30. The molecule has 0 aliphatic rings. The number of benzene rings is 1. The summed E-state index contributed by atoms with van der Waals surface area (Å²) in [4.78, 5) is 21.7. The fourth-order valence-electron chi connectivity index (χ4n) is 2.49. The summed E-state index contributed by atoms with van der Waals surface area (Å²) < 4.78 is 10.7. The number of fused-ring (bicyclic) bond motifs is 1. The molecule has 0 saturated heterocycles. The fourth-order valence-corrected chi connectivity index (χ4v) is 2.49.